The van der Waals surface area contributed by atoms with E-state index >= 15 is 0 Å². The van der Waals surface area contributed by atoms with Crippen LogP contribution in [0.1, 0.15) is 63.5 Å². The van der Waals surface area contributed by atoms with Crippen LogP contribution in [0.25, 0.3) is 21.5 Å². The Balaban J connectivity index is 1.98. The summed E-state index contributed by atoms with van der Waals surface area (Å²) in [5, 5.41) is 3.48. The van der Waals surface area contributed by atoms with Crippen LogP contribution in [0.3, 0.4) is 0 Å². The van der Waals surface area contributed by atoms with Gasteiger partial charge in [0, 0.05) is 48.6 Å². The van der Waals surface area contributed by atoms with Crippen LogP contribution in [0.4, 0.5) is 0 Å². The second-order valence-corrected chi connectivity index (χ2v) is 10.7. The molecule has 8 heteroatoms. The lowest BCUT2D eigenvalue weighted by atomic mass is 9.97. The predicted molar refractivity (Wildman–Crippen MR) is 164 cm³/mol. The van der Waals surface area contributed by atoms with E-state index in [-0.39, 0.29) is 38.4 Å². The molecule has 0 N–H and O–H groups in total. The molecule has 0 radical (unpaired) electrons. The number of hydrogen-bond donors (Lipinski definition) is 0. The minimum Gasteiger partial charge on any atom is -0.488 e. The second kappa shape index (κ2) is 16.9. The molecule has 3 aromatic carbocycles. The van der Waals surface area contributed by atoms with Crippen molar-refractivity contribution in [3.05, 3.63) is 47.5 Å². The van der Waals surface area contributed by atoms with Gasteiger partial charge in [-0.1, -0.05) is 62.1 Å². The Kier molecular flexibility index (Phi) is 13.4. The van der Waals surface area contributed by atoms with Crippen LogP contribution in [-0.4, -0.2) is 64.8 Å². The molecule has 230 valence electrons. The van der Waals surface area contributed by atoms with Crippen LogP contribution >= 0.6 is 0 Å². The number of benzene rings is 3. The molecule has 0 saturated carbocycles. The van der Waals surface area contributed by atoms with Crippen LogP contribution in [0, 0.1) is 13.8 Å². The van der Waals surface area contributed by atoms with Gasteiger partial charge in [0.25, 0.3) is 0 Å². The van der Waals surface area contributed by atoms with Gasteiger partial charge in [0.1, 0.15) is 24.7 Å². The smallest absolute Gasteiger partial charge is 0.306 e. The number of aryl methyl sites for hydroxylation is 2. The second-order valence-electron chi connectivity index (χ2n) is 10.7. The van der Waals surface area contributed by atoms with E-state index in [4.69, 9.17) is 28.4 Å². The van der Waals surface area contributed by atoms with Crippen LogP contribution in [-0.2, 0) is 28.5 Å². The molecule has 0 saturated heterocycles. The van der Waals surface area contributed by atoms with E-state index < -0.39 is 12.2 Å². The molecule has 0 amide bonds. The van der Waals surface area contributed by atoms with Crippen molar-refractivity contribution < 1.29 is 38.0 Å². The zero-order valence-corrected chi connectivity index (χ0v) is 26.0. The molecule has 3 rings (SSSR count). The van der Waals surface area contributed by atoms with E-state index in [1.807, 2.05) is 52.0 Å². The minimum atomic E-state index is -0.548. The fourth-order valence-electron chi connectivity index (χ4n) is 4.78. The lowest BCUT2D eigenvalue weighted by Crippen LogP contribution is -2.30. The Morgan fingerprint density at radius 3 is 1.38 bits per heavy atom. The van der Waals surface area contributed by atoms with E-state index in [1.165, 1.54) is 0 Å². The molecule has 3 aromatic rings. The molecular weight excluding hydrogens is 536 g/mol. The molecule has 0 aliphatic carbocycles. The largest absolute Gasteiger partial charge is 0.488 e. The predicted octanol–water partition coefficient (Wildman–Crippen LogP) is 6.86. The Morgan fingerprint density at radius 2 is 1.02 bits per heavy atom. The maximum atomic E-state index is 12.4. The number of carbonyl (C=O) groups excluding carboxylic acids is 2. The van der Waals surface area contributed by atoms with Gasteiger partial charge < -0.3 is 28.4 Å². The van der Waals surface area contributed by atoms with E-state index in [2.05, 4.69) is 12.1 Å². The number of esters is 2. The lowest BCUT2D eigenvalue weighted by molar-refractivity contribution is -0.154. The summed E-state index contributed by atoms with van der Waals surface area (Å²) in [4.78, 5) is 24.7. The number of carbonyl (C=O) groups is 2. The van der Waals surface area contributed by atoms with Gasteiger partial charge in [-0.3, -0.25) is 9.59 Å². The third-order valence-corrected chi connectivity index (χ3v) is 6.93. The first-order valence-corrected chi connectivity index (χ1v) is 14.9. The normalized spacial score (nSPS) is 12.7. The van der Waals surface area contributed by atoms with Crippen molar-refractivity contribution in [2.75, 3.05) is 40.6 Å². The fraction of sp³-hybridized carbons (Fsp3) is 0.529. The summed E-state index contributed by atoms with van der Waals surface area (Å²) in [6, 6.07) is 12.2. The molecule has 2 atom stereocenters. The number of rotatable bonds is 18. The third kappa shape index (κ3) is 9.33. The van der Waals surface area contributed by atoms with Crippen molar-refractivity contribution >= 4 is 33.5 Å². The monoisotopic (exact) mass is 582 g/mol. The molecule has 0 bridgehead atoms. The number of fused-ring (bicyclic) bond motifs is 2. The molecule has 2 unspecified atom stereocenters. The number of ether oxygens (including phenoxy) is 6. The highest BCUT2D eigenvalue weighted by Gasteiger charge is 2.22. The zero-order chi connectivity index (χ0) is 30.5. The van der Waals surface area contributed by atoms with Gasteiger partial charge in [-0.25, -0.2) is 0 Å². The maximum Gasteiger partial charge on any atom is 0.306 e. The molecule has 0 fully saturated rings. The van der Waals surface area contributed by atoms with Crippen LogP contribution in [0.2, 0.25) is 0 Å². The first-order chi connectivity index (χ1) is 20.3. The zero-order valence-electron chi connectivity index (χ0n) is 26.0. The number of methoxy groups -OCH3 is 2. The van der Waals surface area contributed by atoms with Crippen LogP contribution in [0.5, 0.6) is 11.5 Å². The van der Waals surface area contributed by atoms with E-state index in [0.29, 0.717) is 24.3 Å². The molecule has 0 aliphatic rings. The summed E-state index contributed by atoms with van der Waals surface area (Å²) < 4.78 is 34.9. The third-order valence-electron chi connectivity index (χ3n) is 6.93. The Hall–Kier alpha value is -3.36. The quantitative estimate of drug-likeness (QED) is 0.119. The molecule has 0 aromatic heterocycles. The molecule has 0 aliphatic heterocycles. The highest BCUT2D eigenvalue weighted by Crippen LogP contribution is 2.43. The average Bonchev–Trinajstić information content (AvgIpc) is 2.96. The first kappa shape index (κ1) is 33.1. The molecule has 42 heavy (non-hydrogen) atoms. The van der Waals surface area contributed by atoms with E-state index in [9.17, 15) is 9.59 Å². The standard InChI is InChI=1S/C34H46O8/c1-7-9-11-31(35)41-25(19-37-5)21-39-33-27-15-13-24(4)18-30(27)34(28-16-14-23(3)17-29(28)33)40-22-26(20-38-6)42-32(36)12-10-8-2/h13-18,25-26H,7-12,19-22H2,1-6H3. The van der Waals surface area contributed by atoms with Crippen molar-refractivity contribution in [1.82, 2.24) is 0 Å². The van der Waals surface area contributed by atoms with Gasteiger partial charge >= 0.3 is 11.9 Å². The first-order valence-electron chi connectivity index (χ1n) is 14.9. The van der Waals surface area contributed by atoms with Crippen LogP contribution in [0.15, 0.2) is 36.4 Å². The molecular formula is C34H46O8. The number of unbranched alkanes of at least 4 members (excludes halogenated alkanes) is 2. The Morgan fingerprint density at radius 1 is 0.619 bits per heavy atom. The summed E-state index contributed by atoms with van der Waals surface area (Å²) in [6.07, 6.45) is 3.02. The van der Waals surface area contributed by atoms with Crippen molar-refractivity contribution in [1.29, 1.82) is 0 Å². The molecule has 8 nitrogen and oxygen atoms in total. The van der Waals surface area contributed by atoms with Gasteiger partial charge in [-0.15, -0.1) is 0 Å². The van der Waals surface area contributed by atoms with E-state index in [0.717, 1.165) is 58.4 Å². The van der Waals surface area contributed by atoms with Crippen LogP contribution < -0.4 is 9.47 Å². The molecule has 0 spiro atoms. The van der Waals surface area contributed by atoms with Gasteiger partial charge in [-0.05, 0) is 38.8 Å². The highest BCUT2D eigenvalue weighted by atomic mass is 16.6. The fourth-order valence-corrected chi connectivity index (χ4v) is 4.78. The number of hydrogen-bond acceptors (Lipinski definition) is 8. The van der Waals surface area contributed by atoms with Crippen molar-refractivity contribution in [2.24, 2.45) is 0 Å². The Bertz CT molecular complexity index is 1220. The van der Waals surface area contributed by atoms with Gasteiger partial charge in [0.05, 0.1) is 13.2 Å². The maximum absolute atomic E-state index is 12.4. The molecule has 0 heterocycles. The van der Waals surface area contributed by atoms with Crippen molar-refractivity contribution in [3.63, 3.8) is 0 Å². The van der Waals surface area contributed by atoms with Crippen molar-refractivity contribution in [3.8, 4) is 11.5 Å². The summed E-state index contributed by atoms with van der Waals surface area (Å²) >= 11 is 0. The summed E-state index contributed by atoms with van der Waals surface area (Å²) in [5.74, 6) is 0.851. The topological polar surface area (TPSA) is 89.5 Å². The average molecular weight is 583 g/mol. The summed E-state index contributed by atoms with van der Waals surface area (Å²) in [6.45, 7) is 8.86. The summed E-state index contributed by atoms with van der Waals surface area (Å²) in [5.41, 5.74) is 2.12. The SMILES string of the molecule is CCCCC(=O)OC(COC)COc1c2ccc(C)cc2c(OCC(COC)OC(=O)CCCC)c2ccc(C)cc12. The van der Waals surface area contributed by atoms with Gasteiger partial charge in [-0.2, -0.15) is 0 Å². The Labute approximate surface area is 249 Å². The van der Waals surface area contributed by atoms with Crippen molar-refractivity contribution in [2.45, 2.75) is 78.4 Å². The summed E-state index contributed by atoms with van der Waals surface area (Å²) in [7, 11) is 3.15. The lowest BCUT2D eigenvalue weighted by Gasteiger charge is -2.23. The van der Waals surface area contributed by atoms with E-state index in [1.54, 1.807) is 14.2 Å². The minimum absolute atomic E-state index is 0.140. The highest BCUT2D eigenvalue weighted by molar-refractivity contribution is 6.11. The van der Waals surface area contributed by atoms with Gasteiger partial charge in [0.2, 0.25) is 0 Å². The van der Waals surface area contributed by atoms with Gasteiger partial charge in [0.15, 0.2) is 12.2 Å².